The second-order valence-electron chi connectivity index (χ2n) is 5.30. The molecule has 0 aromatic heterocycles. The van der Waals surface area contributed by atoms with E-state index in [1.807, 2.05) is 30.3 Å². The molecule has 0 saturated carbocycles. The highest BCUT2D eigenvalue weighted by Crippen LogP contribution is 2.35. The Kier molecular flexibility index (Phi) is 3.80. The molecule has 0 unspecified atom stereocenters. The molecule has 3 nitrogen and oxygen atoms in total. The SMILES string of the molecule is Cc1cc(CNCc2cccc3c2OCO3)cc(C)c1F. The minimum Gasteiger partial charge on any atom is -0.454 e. The van der Waals surface area contributed by atoms with Crippen LogP contribution in [0.15, 0.2) is 30.3 Å². The fourth-order valence-corrected chi connectivity index (χ4v) is 2.61. The number of para-hydroxylation sites is 1. The van der Waals surface area contributed by atoms with Crippen LogP contribution in [-0.4, -0.2) is 6.79 Å². The molecule has 1 aliphatic rings. The second kappa shape index (κ2) is 5.74. The lowest BCUT2D eigenvalue weighted by atomic mass is 10.1. The molecule has 4 heteroatoms. The van der Waals surface area contributed by atoms with Gasteiger partial charge in [-0.1, -0.05) is 24.3 Å². The van der Waals surface area contributed by atoms with Gasteiger partial charge in [0.15, 0.2) is 11.5 Å². The summed E-state index contributed by atoms with van der Waals surface area (Å²) in [5.74, 6) is 1.49. The Morgan fingerprint density at radius 1 is 1.10 bits per heavy atom. The first-order valence-electron chi connectivity index (χ1n) is 6.99. The van der Waals surface area contributed by atoms with Crippen LogP contribution in [0.3, 0.4) is 0 Å². The third-order valence-corrected chi connectivity index (χ3v) is 3.62. The lowest BCUT2D eigenvalue weighted by Gasteiger charge is -2.10. The molecule has 2 aromatic rings. The molecule has 0 spiro atoms. The van der Waals surface area contributed by atoms with Gasteiger partial charge in [-0.25, -0.2) is 4.39 Å². The first-order chi connectivity index (χ1) is 10.1. The third-order valence-electron chi connectivity index (χ3n) is 3.62. The number of nitrogens with one attached hydrogen (secondary N) is 1. The van der Waals surface area contributed by atoms with Gasteiger partial charge in [0.05, 0.1) is 0 Å². The van der Waals surface area contributed by atoms with E-state index >= 15 is 0 Å². The number of rotatable bonds is 4. The van der Waals surface area contributed by atoms with E-state index in [0.717, 1.165) is 22.6 Å². The Hall–Kier alpha value is -2.07. The maximum atomic E-state index is 13.6. The molecular formula is C17H18FNO2. The Balaban J connectivity index is 1.66. The van der Waals surface area contributed by atoms with Crippen molar-refractivity contribution in [3.63, 3.8) is 0 Å². The van der Waals surface area contributed by atoms with E-state index in [9.17, 15) is 4.39 Å². The maximum absolute atomic E-state index is 13.6. The van der Waals surface area contributed by atoms with Crippen LogP contribution >= 0.6 is 0 Å². The molecule has 0 atom stereocenters. The highest BCUT2D eigenvalue weighted by Gasteiger charge is 2.16. The number of fused-ring (bicyclic) bond motifs is 1. The van der Waals surface area contributed by atoms with Crippen LogP contribution < -0.4 is 14.8 Å². The highest BCUT2D eigenvalue weighted by atomic mass is 19.1. The minimum atomic E-state index is -0.120. The van der Waals surface area contributed by atoms with Gasteiger partial charge in [0.25, 0.3) is 0 Å². The van der Waals surface area contributed by atoms with Gasteiger partial charge in [0.2, 0.25) is 6.79 Å². The molecule has 1 heterocycles. The Labute approximate surface area is 123 Å². The predicted octanol–water partition coefficient (Wildman–Crippen LogP) is 3.46. The monoisotopic (exact) mass is 287 g/mol. The molecule has 21 heavy (non-hydrogen) atoms. The number of aryl methyl sites for hydroxylation is 2. The van der Waals surface area contributed by atoms with Gasteiger partial charge in [0.1, 0.15) is 5.82 Å². The van der Waals surface area contributed by atoms with Gasteiger partial charge in [-0.15, -0.1) is 0 Å². The molecule has 0 radical (unpaired) electrons. The summed E-state index contributed by atoms with van der Waals surface area (Å²) in [5.41, 5.74) is 3.52. The van der Waals surface area contributed by atoms with E-state index in [4.69, 9.17) is 9.47 Å². The van der Waals surface area contributed by atoms with Crippen molar-refractivity contribution in [2.75, 3.05) is 6.79 Å². The number of halogens is 1. The lowest BCUT2D eigenvalue weighted by Crippen LogP contribution is -2.13. The smallest absolute Gasteiger partial charge is 0.231 e. The average molecular weight is 287 g/mol. The van der Waals surface area contributed by atoms with Crippen LogP contribution in [-0.2, 0) is 13.1 Å². The summed E-state index contributed by atoms with van der Waals surface area (Å²) < 4.78 is 24.4. The molecule has 2 aromatic carbocycles. The van der Waals surface area contributed by atoms with Crippen LogP contribution in [0.25, 0.3) is 0 Å². The van der Waals surface area contributed by atoms with E-state index in [1.165, 1.54) is 0 Å². The minimum absolute atomic E-state index is 0.120. The molecule has 1 aliphatic heterocycles. The molecule has 0 saturated heterocycles. The topological polar surface area (TPSA) is 30.5 Å². The summed E-state index contributed by atoms with van der Waals surface area (Å²) >= 11 is 0. The number of ether oxygens (including phenoxy) is 2. The second-order valence-corrected chi connectivity index (χ2v) is 5.30. The van der Waals surface area contributed by atoms with Crippen molar-refractivity contribution in [3.8, 4) is 11.5 Å². The summed E-state index contributed by atoms with van der Waals surface area (Å²) in [4.78, 5) is 0. The van der Waals surface area contributed by atoms with E-state index in [2.05, 4.69) is 5.32 Å². The first-order valence-corrected chi connectivity index (χ1v) is 6.99. The zero-order valence-electron chi connectivity index (χ0n) is 12.2. The standard InChI is InChI=1S/C17H18FNO2/c1-11-6-13(7-12(2)16(11)18)8-19-9-14-4-3-5-15-17(14)21-10-20-15/h3-7,19H,8-10H2,1-2H3. The van der Waals surface area contributed by atoms with Gasteiger partial charge >= 0.3 is 0 Å². The molecule has 0 amide bonds. The molecular weight excluding hydrogens is 269 g/mol. The maximum Gasteiger partial charge on any atom is 0.231 e. The van der Waals surface area contributed by atoms with Crippen molar-refractivity contribution >= 4 is 0 Å². The fourth-order valence-electron chi connectivity index (χ4n) is 2.61. The van der Waals surface area contributed by atoms with Crippen LogP contribution in [0, 0.1) is 19.7 Å². The van der Waals surface area contributed by atoms with Crippen molar-refractivity contribution in [2.24, 2.45) is 0 Å². The normalized spacial score (nSPS) is 12.7. The third kappa shape index (κ3) is 2.85. The molecule has 0 fully saturated rings. The average Bonchev–Trinajstić information content (AvgIpc) is 2.94. The lowest BCUT2D eigenvalue weighted by molar-refractivity contribution is 0.173. The van der Waals surface area contributed by atoms with E-state index in [1.54, 1.807) is 13.8 Å². The zero-order valence-corrected chi connectivity index (χ0v) is 12.2. The molecule has 1 N–H and O–H groups in total. The summed E-state index contributed by atoms with van der Waals surface area (Å²) in [6, 6.07) is 9.63. The zero-order chi connectivity index (χ0) is 14.8. The number of hydrogen-bond donors (Lipinski definition) is 1. The largest absolute Gasteiger partial charge is 0.454 e. The van der Waals surface area contributed by atoms with E-state index < -0.39 is 0 Å². The van der Waals surface area contributed by atoms with E-state index in [0.29, 0.717) is 24.2 Å². The Bertz CT molecular complexity index is 647. The van der Waals surface area contributed by atoms with Gasteiger partial charge in [0, 0.05) is 18.7 Å². The fraction of sp³-hybridized carbons (Fsp3) is 0.294. The molecule has 0 aliphatic carbocycles. The summed E-state index contributed by atoms with van der Waals surface area (Å²) in [6.07, 6.45) is 0. The summed E-state index contributed by atoms with van der Waals surface area (Å²) in [5, 5.41) is 3.36. The van der Waals surface area contributed by atoms with Gasteiger partial charge < -0.3 is 14.8 Å². The quantitative estimate of drug-likeness (QED) is 0.934. The van der Waals surface area contributed by atoms with Crippen LogP contribution in [0.2, 0.25) is 0 Å². The number of hydrogen-bond acceptors (Lipinski definition) is 3. The van der Waals surface area contributed by atoms with Gasteiger partial charge in [-0.05, 0) is 36.6 Å². The van der Waals surface area contributed by atoms with Gasteiger partial charge in [-0.2, -0.15) is 0 Å². The molecule has 3 rings (SSSR count). The van der Waals surface area contributed by atoms with Crippen molar-refractivity contribution in [1.29, 1.82) is 0 Å². The van der Waals surface area contributed by atoms with Crippen molar-refractivity contribution in [2.45, 2.75) is 26.9 Å². The first kappa shape index (κ1) is 13.9. The van der Waals surface area contributed by atoms with Crippen LogP contribution in [0.1, 0.15) is 22.3 Å². The molecule has 110 valence electrons. The van der Waals surface area contributed by atoms with Crippen LogP contribution in [0.5, 0.6) is 11.5 Å². The number of benzene rings is 2. The Morgan fingerprint density at radius 3 is 2.62 bits per heavy atom. The summed E-state index contributed by atoms with van der Waals surface area (Å²) in [6.45, 7) is 5.24. The Morgan fingerprint density at radius 2 is 1.86 bits per heavy atom. The van der Waals surface area contributed by atoms with Crippen molar-refractivity contribution in [3.05, 3.63) is 58.4 Å². The van der Waals surface area contributed by atoms with Crippen molar-refractivity contribution in [1.82, 2.24) is 5.32 Å². The van der Waals surface area contributed by atoms with Crippen LogP contribution in [0.4, 0.5) is 4.39 Å². The van der Waals surface area contributed by atoms with E-state index in [-0.39, 0.29) is 12.6 Å². The predicted molar refractivity (Wildman–Crippen MR) is 79.0 cm³/mol. The summed E-state index contributed by atoms with van der Waals surface area (Å²) in [7, 11) is 0. The highest BCUT2D eigenvalue weighted by molar-refractivity contribution is 5.48. The van der Waals surface area contributed by atoms with Gasteiger partial charge in [-0.3, -0.25) is 0 Å². The molecule has 0 bridgehead atoms. The van der Waals surface area contributed by atoms with Crippen molar-refractivity contribution < 1.29 is 13.9 Å².